The van der Waals surface area contributed by atoms with Crippen LogP contribution in [0.4, 0.5) is 0 Å². The predicted octanol–water partition coefficient (Wildman–Crippen LogP) is 5.03. The van der Waals surface area contributed by atoms with E-state index in [2.05, 4.69) is 15.0 Å². The molecule has 0 saturated heterocycles. The summed E-state index contributed by atoms with van der Waals surface area (Å²) >= 11 is 5.94. The Bertz CT molecular complexity index is 1070. The summed E-state index contributed by atoms with van der Waals surface area (Å²) in [5.74, 6) is 0.388. The molecule has 126 valence electrons. The van der Waals surface area contributed by atoms with Crippen LogP contribution in [0.15, 0.2) is 73.1 Å². The van der Waals surface area contributed by atoms with E-state index in [9.17, 15) is 4.79 Å². The second kappa shape index (κ2) is 6.94. The smallest absolute Gasteiger partial charge is 0.196 e. The summed E-state index contributed by atoms with van der Waals surface area (Å²) in [7, 11) is 0. The Labute approximate surface area is 155 Å². The molecule has 0 radical (unpaired) electrons. The number of nitrogens with zero attached hydrogens (tertiary/aromatic N) is 2. The predicted molar refractivity (Wildman–Crippen MR) is 104 cm³/mol. The van der Waals surface area contributed by atoms with Crippen molar-refractivity contribution >= 4 is 40.1 Å². The number of hydrogen-bond acceptors (Lipinski definition) is 3. The lowest BCUT2D eigenvalue weighted by Crippen LogP contribution is -2.04. The number of pyridine rings is 1. The average molecular weight is 360 g/mol. The van der Waals surface area contributed by atoms with Crippen molar-refractivity contribution in [2.24, 2.45) is 0 Å². The van der Waals surface area contributed by atoms with Gasteiger partial charge in [0.05, 0.1) is 16.6 Å². The topological polar surface area (TPSA) is 58.6 Å². The van der Waals surface area contributed by atoms with Gasteiger partial charge in [-0.2, -0.15) is 0 Å². The number of aromatic amines is 1. The van der Waals surface area contributed by atoms with Crippen molar-refractivity contribution in [3.8, 4) is 0 Å². The number of imidazole rings is 1. The fourth-order valence-corrected chi connectivity index (χ4v) is 2.83. The van der Waals surface area contributed by atoms with Crippen LogP contribution in [0.5, 0.6) is 0 Å². The molecule has 1 N–H and O–H groups in total. The molecule has 4 nitrogen and oxygen atoms in total. The van der Waals surface area contributed by atoms with E-state index in [0.29, 0.717) is 22.0 Å². The van der Waals surface area contributed by atoms with E-state index in [1.807, 2.05) is 36.4 Å². The Morgan fingerprint density at radius 3 is 2.54 bits per heavy atom. The van der Waals surface area contributed by atoms with E-state index in [4.69, 9.17) is 11.6 Å². The van der Waals surface area contributed by atoms with Gasteiger partial charge < -0.3 is 4.98 Å². The van der Waals surface area contributed by atoms with Gasteiger partial charge >= 0.3 is 0 Å². The Hall–Kier alpha value is -3.24. The highest BCUT2D eigenvalue weighted by molar-refractivity contribution is 6.33. The van der Waals surface area contributed by atoms with Crippen molar-refractivity contribution in [1.82, 2.24) is 15.0 Å². The first-order valence-electron chi connectivity index (χ1n) is 8.08. The molecule has 0 saturated carbocycles. The Kier molecular flexibility index (Phi) is 4.33. The number of hydrogen-bond donors (Lipinski definition) is 1. The summed E-state index contributed by atoms with van der Waals surface area (Å²) in [6.07, 6.45) is 5.19. The van der Waals surface area contributed by atoms with Crippen LogP contribution in [-0.4, -0.2) is 20.7 Å². The number of aromatic nitrogens is 3. The number of H-pyrrole nitrogens is 1. The first kappa shape index (κ1) is 16.2. The molecule has 0 spiro atoms. The molecular weight excluding hydrogens is 346 g/mol. The van der Waals surface area contributed by atoms with Crippen LogP contribution in [0.2, 0.25) is 5.02 Å². The van der Waals surface area contributed by atoms with Crippen molar-refractivity contribution in [2.45, 2.75) is 0 Å². The maximum atomic E-state index is 13.1. The lowest BCUT2D eigenvalue weighted by Gasteiger charge is -2.05. The third-order valence-electron chi connectivity index (χ3n) is 3.99. The maximum Gasteiger partial charge on any atom is 0.196 e. The Morgan fingerprint density at radius 2 is 1.81 bits per heavy atom. The van der Waals surface area contributed by atoms with Crippen molar-refractivity contribution in [3.05, 3.63) is 95.0 Å². The van der Waals surface area contributed by atoms with E-state index < -0.39 is 0 Å². The van der Waals surface area contributed by atoms with Crippen molar-refractivity contribution in [1.29, 1.82) is 0 Å². The van der Waals surface area contributed by atoms with Crippen molar-refractivity contribution < 1.29 is 4.79 Å². The number of carbonyl (C=O) groups excluding carboxylic acids is 1. The zero-order valence-corrected chi connectivity index (χ0v) is 14.4. The third-order valence-corrected chi connectivity index (χ3v) is 4.24. The SMILES string of the molecule is O=C(C(=Cc1cccnc1)c1nc2ccccc2[nH]1)c1ccc(Cl)cc1. The standard InChI is InChI=1S/C21H14ClN3O/c22-16-9-7-15(8-10-16)20(26)17(12-14-4-3-11-23-13-14)21-24-18-5-1-2-6-19(18)25-21/h1-13H,(H,24,25). The zero-order chi connectivity index (χ0) is 17.9. The van der Waals surface area contributed by atoms with Crippen molar-refractivity contribution in [3.63, 3.8) is 0 Å². The number of Topliss-reactive ketones (excluding diaryl/α,β-unsaturated/α-hetero) is 1. The van der Waals surface area contributed by atoms with Gasteiger partial charge in [0.25, 0.3) is 0 Å². The molecule has 0 unspecified atom stereocenters. The molecule has 0 bridgehead atoms. The number of allylic oxidation sites excluding steroid dienone is 1. The Morgan fingerprint density at radius 1 is 1.00 bits per heavy atom. The number of ketones is 1. The summed E-state index contributed by atoms with van der Waals surface area (Å²) in [4.78, 5) is 25.1. The molecule has 0 aliphatic rings. The summed E-state index contributed by atoms with van der Waals surface area (Å²) in [6.45, 7) is 0. The van der Waals surface area contributed by atoms with E-state index >= 15 is 0 Å². The van der Waals surface area contributed by atoms with Gasteiger partial charge in [-0.15, -0.1) is 0 Å². The quantitative estimate of drug-likeness (QED) is 0.410. The summed E-state index contributed by atoms with van der Waals surface area (Å²) in [6, 6.07) is 18.2. The number of nitrogens with one attached hydrogen (secondary N) is 1. The lowest BCUT2D eigenvalue weighted by atomic mass is 10.0. The number of halogens is 1. The van der Waals surface area contributed by atoms with Gasteiger partial charge in [-0.05, 0) is 54.1 Å². The summed E-state index contributed by atoms with van der Waals surface area (Å²) in [5.41, 5.74) is 3.53. The highest BCUT2D eigenvalue weighted by atomic mass is 35.5. The molecule has 2 aromatic carbocycles. The van der Waals surface area contributed by atoms with Crippen LogP contribution < -0.4 is 0 Å². The third kappa shape index (κ3) is 3.27. The highest BCUT2D eigenvalue weighted by Crippen LogP contribution is 2.24. The first-order chi connectivity index (χ1) is 12.7. The largest absolute Gasteiger partial charge is 0.338 e. The van der Waals surface area contributed by atoms with Gasteiger partial charge in [0, 0.05) is 23.0 Å². The van der Waals surface area contributed by atoms with Crippen LogP contribution >= 0.6 is 11.6 Å². The zero-order valence-electron chi connectivity index (χ0n) is 13.7. The second-order valence-electron chi connectivity index (χ2n) is 5.78. The van der Waals surface area contributed by atoms with E-state index in [1.165, 1.54) is 0 Å². The van der Waals surface area contributed by atoms with Gasteiger partial charge in [-0.3, -0.25) is 9.78 Å². The number of carbonyl (C=O) groups is 1. The van der Waals surface area contributed by atoms with Gasteiger partial charge in [-0.25, -0.2) is 4.98 Å². The highest BCUT2D eigenvalue weighted by Gasteiger charge is 2.18. The fraction of sp³-hybridized carbons (Fsp3) is 0. The van der Waals surface area contributed by atoms with Crippen LogP contribution in [0, 0.1) is 0 Å². The molecule has 0 fully saturated rings. The minimum absolute atomic E-state index is 0.135. The molecule has 0 atom stereocenters. The molecule has 2 heterocycles. The van der Waals surface area contributed by atoms with Crippen molar-refractivity contribution in [2.75, 3.05) is 0 Å². The molecular formula is C21H14ClN3O. The molecule has 26 heavy (non-hydrogen) atoms. The van der Waals surface area contributed by atoms with Gasteiger partial charge in [-0.1, -0.05) is 29.8 Å². The van der Waals surface area contributed by atoms with Crippen LogP contribution in [0.25, 0.3) is 22.7 Å². The molecule has 4 aromatic rings. The number of para-hydroxylation sites is 2. The van der Waals surface area contributed by atoms with Crippen LogP contribution in [-0.2, 0) is 0 Å². The molecule has 5 heteroatoms. The number of fused-ring (bicyclic) bond motifs is 1. The number of rotatable bonds is 4. The first-order valence-corrected chi connectivity index (χ1v) is 8.45. The second-order valence-corrected chi connectivity index (χ2v) is 6.22. The molecule has 0 aliphatic carbocycles. The molecule has 4 rings (SSSR count). The van der Waals surface area contributed by atoms with E-state index in [0.717, 1.165) is 16.6 Å². The number of benzene rings is 2. The monoisotopic (exact) mass is 359 g/mol. The average Bonchev–Trinajstić information content (AvgIpc) is 3.11. The molecule has 2 aromatic heterocycles. The van der Waals surface area contributed by atoms with Gasteiger partial charge in [0.1, 0.15) is 5.82 Å². The molecule has 0 amide bonds. The summed E-state index contributed by atoms with van der Waals surface area (Å²) < 4.78 is 0. The summed E-state index contributed by atoms with van der Waals surface area (Å²) in [5, 5.41) is 0.586. The van der Waals surface area contributed by atoms with Gasteiger partial charge in [0.15, 0.2) is 5.78 Å². The normalized spacial score (nSPS) is 11.7. The maximum absolute atomic E-state index is 13.1. The minimum Gasteiger partial charge on any atom is -0.338 e. The van der Waals surface area contributed by atoms with E-state index in [1.54, 1.807) is 42.7 Å². The van der Waals surface area contributed by atoms with Gasteiger partial charge in [0.2, 0.25) is 0 Å². The minimum atomic E-state index is -0.135. The Balaban J connectivity index is 1.85. The lowest BCUT2D eigenvalue weighted by molar-refractivity contribution is 0.105. The van der Waals surface area contributed by atoms with Crippen LogP contribution in [0.3, 0.4) is 0 Å². The fourth-order valence-electron chi connectivity index (χ4n) is 2.71. The van der Waals surface area contributed by atoms with E-state index in [-0.39, 0.29) is 5.78 Å². The molecule has 0 aliphatic heterocycles. The van der Waals surface area contributed by atoms with Crippen LogP contribution in [0.1, 0.15) is 21.7 Å².